The Balaban J connectivity index is 2.47. The fourth-order valence-corrected chi connectivity index (χ4v) is 2.65. The number of carboxylic acid groups (broad SMARTS) is 1. The van der Waals surface area contributed by atoms with Crippen LogP contribution in [0.1, 0.15) is 22.3 Å². The summed E-state index contributed by atoms with van der Waals surface area (Å²) >= 11 is 1.48. The number of aliphatic carboxylic acids is 1. The second-order valence-electron chi connectivity index (χ2n) is 4.04. The van der Waals surface area contributed by atoms with E-state index < -0.39 is 17.9 Å². The van der Waals surface area contributed by atoms with Crippen molar-refractivity contribution in [1.82, 2.24) is 5.32 Å². The van der Waals surface area contributed by atoms with Crippen molar-refractivity contribution in [2.45, 2.75) is 18.2 Å². The zero-order chi connectivity index (χ0) is 15.0. The first kappa shape index (κ1) is 16.0. The Bertz CT molecular complexity index is 493. The number of carbonyl (C=O) groups is 3. The number of hydrogen-bond acceptors (Lipinski definition) is 4. The van der Waals surface area contributed by atoms with Gasteiger partial charge >= 0.3 is 5.97 Å². The Morgan fingerprint density at radius 1 is 1.40 bits per heavy atom. The monoisotopic (exact) mass is 296 g/mol. The summed E-state index contributed by atoms with van der Waals surface area (Å²) in [6, 6.07) is 6.14. The van der Waals surface area contributed by atoms with Crippen LogP contribution in [-0.4, -0.2) is 35.2 Å². The third-order valence-electron chi connectivity index (χ3n) is 2.66. The SMILES string of the molecule is NC(=O)c1ccccc1CSCCC(NC=O)C(=O)O. The molecular formula is C13H16N2O4S. The van der Waals surface area contributed by atoms with E-state index >= 15 is 0 Å². The van der Waals surface area contributed by atoms with E-state index in [1.807, 2.05) is 12.1 Å². The summed E-state index contributed by atoms with van der Waals surface area (Å²) in [5, 5.41) is 11.1. The summed E-state index contributed by atoms with van der Waals surface area (Å²) in [5.41, 5.74) is 6.56. The minimum absolute atomic E-state index is 0.317. The molecular weight excluding hydrogens is 280 g/mol. The summed E-state index contributed by atoms with van der Waals surface area (Å²) in [5.74, 6) is -0.431. The molecule has 2 amide bonds. The van der Waals surface area contributed by atoms with Gasteiger partial charge in [0.1, 0.15) is 6.04 Å². The number of hydrogen-bond donors (Lipinski definition) is 3. The van der Waals surface area contributed by atoms with Gasteiger partial charge in [-0.2, -0.15) is 11.8 Å². The Morgan fingerprint density at radius 3 is 2.70 bits per heavy atom. The molecule has 0 bridgehead atoms. The first-order valence-electron chi connectivity index (χ1n) is 5.94. The van der Waals surface area contributed by atoms with Gasteiger partial charge in [0.2, 0.25) is 12.3 Å². The molecule has 0 radical (unpaired) electrons. The van der Waals surface area contributed by atoms with Crippen LogP contribution in [0.25, 0.3) is 0 Å². The standard InChI is InChI=1S/C13H16N2O4S/c14-12(17)10-4-2-1-3-9(10)7-20-6-5-11(13(18)19)15-8-16/h1-4,8,11H,5-7H2,(H2,14,17)(H,15,16)(H,18,19). The van der Waals surface area contributed by atoms with Crippen LogP contribution >= 0.6 is 11.8 Å². The summed E-state index contributed by atoms with van der Waals surface area (Å²) < 4.78 is 0. The molecule has 108 valence electrons. The lowest BCUT2D eigenvalue weighted by Crippen LogP contribution is -2.36. The third kappa shape index (κ3) is 4.93. The van der Waals surface area contributed by atoms with Crippen molar-refractivity contribution in [3.05, 3.63) is 35.4 Å². The van der Waals surface area contributed by atoms with E-state index in [0.717, 1.165) is 5.56 Å². The second kappa shape index (κ2) is 8.21. The first-order valence-corrected chi connectivity index (χ1v) is 7.09. The number of amides is 2. The molecule has 20 heavy (non-hydrogen) atoms. The van der Waals surface area contributed by atoms with Crippen LogP contribution in [0.5, 0.6) is 0 Å². The van der Waals surface area contributed by atoms with Crippen molar-refractivity contribution in [2.24, 2.45) is 5.73 Å². The van der Waals surface area contributed by atoms with Gasteiger partial charge in [-0.25, -0.2) is 4.79 Å². The van der Waals surface area contributed by atoms with E-state index in [4.69, 9.17) is 10.8 Å². The molecule has 0 aliphatic carbocycles. The van der Waals surface area contributed by atoms with Crippen molar-refractivity contribution in [2.75, 3.05) is 5.75 Å². The minimum Gasteiger partial charge on any atom is -0.480 e. The fourth-order valence-electron chi connectivity index (χ4n) is 1.63. The van der Waals surface area contributed by atoms with Crippen molar-refractivity contribution in [3.8, 4) is 0 Å². The topological polar surface area (TPSA) is 109 Å². The van der Waals surface area contributed by atoms with Gasteiger partial charge in [-0.1, -0.05) is 18.2 Å². The van der Waals surface area contributed by atoms with Crippen molar-refractivity contribution in [1.29, 1.82) is 0 Å². The molecule has 0 saturated carbocycles. The number of carboxylic acids is 1. The van der Waals surface area contributed by atoms with E-state index in [1.54, 1.807) is 12.1 Å². The summed E-state index contributed by atoms with van der Waals surface area (Å²) in [7, 11) is 0. The Hall–Kier alpha value is -2.02. The lowest BCUT2D eigenvalue weighted by molar-refractivity contribution is -0.140. The highest BCUT2D eigenvalue weighted by molar-refractivity contribution is 7.98. The van der Waals surface area contributed by atoms with Crippen LogP contribution in [0, 0.1) is 0 Å². The predicted molar refractivity (Wildman–Crippen MR) is 76.4 cm³/mol. The average Bonchev–Trinajstić information content (AvgIpc) is 2.42. The molecule has 1 unspecified atom stereocenters. The minimum atomic E-state index is -1.06. The summed E-state index contributed by atoms with van der Waals surface area (Å²) in [6.07, 6.45) is 0.698. The number of thioether (sulfide) groups is 1. The molecule has 0 aromatic heterocycles. The zero-order valence-corrected chi connectivity index (χ0v) is 11.6. The van der Waals surface area contributed by atoms with Crippen LogP contribution in [-0.2, 0) is 15.3 Å². The van der Waals surface area contributed by atoms with E-state index in [0.29, 0.717) is 29.9 Å². The molecule has 0 aliphatic rings. The van der Waals surface area contributed by atoms with Crippen molar-refractivity contribution in [3.63, 3.8) is 0 Å². The van der Waals surface area contributed by atoms with Crippen molar-refractivity contribution < 1.29 is 19.5 Å². The number of nitrogens with one attached hydrogen (secondary N) is 1. The second-order valence-corrected chi connectivity index (χ2v) is 5.14. The maximum absolute atomic E-state index is 11.2. The van der Waals surface area contributed by atoms with Crippen LogP contribution in [0.15, 0.2) is 24.3 Å². The summed E-state index contributed by atoms with van der Waals surface area (Å²) in [4.78, 5) is 32.3. The van der Waals surface area contributed by atoms with Gasteiger partial charge in [-0.15, -0.1) is 0 Å². The molecule has 4 N–H and O–H groups in total. The molecule has 0 spiro atoms. The third-order valence-corrected chi connectivity index (χ3v) is 3.70. The number of benzene rings is 1. The normalized spacial score (nSPS) is 11.6. The Morgan fingerprint density at radius 2 is 2.10 bits per heavy atom. The average molecular weight is 296 g/mol. The summed E-state index contributed by atoms with van der Waals surface area (Å²) in [6.45, 7) is 0. The smallest absolute Gasteiger partial charge is 0.326 e. The molecule has 1 aromatic rings. The van der Waals surface area contributed by atoms with Gasteiger partial charge < -0.3 is 16.2 Å². The predicted octanol–water partition coefficient (Wildman–Crippen LogP) is 0.608. The van der Waals surface area contributed by atoms with E-state index in [1.165, 1.54) is 11.8 Å². The number of carbonyl (C=O) groups excluding carboxylic acids is 2. The lowest BCUT2D eigenvalue weighted by Gasteiger charge is -2.11. The molecule has 0 saturated heterocycles. The van der Waals surface area contributed by atoms with Gasteiger partial charge in [0.05, 0.1) is 0 Å². The van der Waals surface area contributed by atoms with Crippen LogP contribution < -0.4 is 11.1 Å². The first-order chi connectivity index (χ1) is 9.56. The highest BCUT2D eigenvalue weighted by Crippen LogP contribution is 2.17. The number of nitrogens with two attached hydrogens (primary N) is 1. The molecule has 1 atom stereocenters. The number of rotatable bonds is 9. The van der Waals surface area contributed by atoms with Gasteiger partial charge in [0, 0.05) is 11.3 Å². The molecule has 0 fully saturated rings. The van der Waals surface area contributed by atoms with Crippen molar-refractivity contribution >= 4 is 30.0 Å². The molecule has 0 aliphatic heterocycles. The highest BCUT2D eigenvalue weighted by atomic mass is 32.2. The quantitative estimate of drug-likeness (QED) is 0.457. The Labute approximate surface area is 120 Å². The van der Waals surface area contributed by atoms with Gasteiger partial charge in [-0.3, -0.25) is 9.59 Å². The van der Waals surface area contributed by atoms with Crippen LogP contribution in [0.3, 0.4) is 0 Å². The number of primary amides is 1. The molecule has 1 aromatic carbocycles. The van der Waals surface area contributed by atoms with Crippen LogP contribution in [0.4, 0.5) is 0 Å². The largest absolute Gasteiger partial charge is 0.480 e. The maximum Gasteiger partial charge on any atom is 0.326 e. The maximum atomic E-state index is 11.2. The molecule has 7 heteroatoms. The van der Waals surface area contributed by atoms with E-state index in [9.17, 15) is 14.4 Å². The zero-order valence-electron chi connectivity index (χ0n) is 10.7. The fraction of sp³-hybridized carbons (Fsp3) is 0.308. The van der Waals surface area contributed by atoms with E-state index in [-0.39, 0.29) is 0 Å². The molecule has 1 rings (SSSR count). The lowest BCUT2D eigenvalue weighted by atomic mass is 10.1. The molecule has 0 heterocycles. The van der Waals surface area contributed by atoms with Gasteiger partial charge in [0.25, 0.3) is 0 Å². The van der Waals surface area contributed by atoms with E-state index in [2.05, 4.69) is 5.32 Å². The van der Waals surface area contributed by atoms with Gasteiger partial charge in [-0.05, 0) is 23.8 Å². The van der Waals surface area contributed by atoms with Gasteiger partial charge in [0.15, 0.2) is 0 Å². The molecule has 6 nitrogen and oxygen atoms in total. The highest BCUT2D eigenvalue weighted by Gasteiger charge is 2.15. The van der Waals surface area contributed by atoms with Crippen LogP contribution in [0.2, 0.25) is 0 Å². The Kier molecular flexibility index (Phi) is 6.58.